The lowest BCUT2D eigenvalue weighted by atomic mass is 10.2. The molecular formula is C13H19F2N3. The average Bonchev–Trinajstić information content (AvgIpc) is 2.37. The number of benzene rings is 1. The molecule has 5 heteroatoms. The summed E-state index contributed by atoms with van der Waals surface area (Å²) in [5, 5.41) is 0. The highest BCUT2D eigenvalue weighted by Gasteiger charge is 2.22. The third kappa shape index (κ3) is 2.56. The molecule has 0 radical (unpaired) electrons. The van der Waals surface area contributed by atoms with Gasteiger partial charge in [-0.2, -0.15) is 0 Å². The Balaban J connectivity index is 2.12. The van der Waals surface area contributed by atoms with Crippen LogP contribution in [0.15, 0.2) is 12.1 Å². The quantitative estimate of drug-likeness (QED) is 0.839. The summed E-state index contributed by atoms with van der Waals surface area (Å²) in [4.78, 5) is 4.16. The van der Waals surface area contributed by atoms with Crippen LogP contribution in [0.2, 0.25) is 0 Å². The zero-order chi connectivity index (χ0) is 13.1. The Morgan fingerprint density at radius 3 is 2.44 bits per heavy atom. The molecule has 2 rings (SSSR count). The molecule has 100 valence electrons. The topological polar surface area (TPSA) is 32.5 Å². The van der Waals surface area contributed by atoms with E-state index in [1.807, 2.05) is 4.90 Å². The van der Waals surface area contributed by atoms with E-state index in [0.29, 0.717) is 18.8 Å². The number of nitrogen functional groups attached to an aromatic ring is 1. The molecule has 0 aliphatic carbocycles. The Kier molecular flexibility index (Phi) is 4.01. The van der Waals surface area contributed by atoms with E-state index < -0.39 is 11.6 Å². The van der Waals surface area contributed by atoms with E-state index in [1.165, 1.54) is 6.07 Å². The molecule has 0 bridgehead atoms. The Hall–Kier alpha value is -1.36. The predicted octanol–water partition coefficient (Wildman–Crippen LogP) is 2.08. The standard InChI is InChI=1S/C13H19F2N3/c1-2-5-17-6-8-18(9-7-17)13-11(16)4-3-10(14)12(13)15/h3-4H,2,5-9,16H2,1H3. The lowest BCUT2D eigenvalue weighted by molar-refractivity contribution is 0.257. The van der Waals surface area contributed by atoms with Gasteiger partial charge in [0, 0.05) is 26.2 Å². The molecule has 2 N–H and O–H groups in total. The van der Waals surface area contributed by atoms with Crippen LogP contribution < -0.4 is 10.6 Å². The van der Waals surface area contributed by atoms with Gasteiger partial charge in [-0.1, -0.05) is 6.92 Å². The first-order valence-electron chi connectivity index (χ1n) is 6.34. The molecule has 0 amide bonds. The van der Waals surface area contributed by atoms with Crippen molar-refractivity contribution in [2.24, 2.45) is 0 Å². The van der Waals surface area contributed by atoms with Crippen molar-refractivity contribution < 1.29 is 8.78 Å². The molecule has 0 saturated carbocycles. The molecule has 0 aromatic heterocycles. The number of nitrogens with two attached hydrogens (primary N) is 1. The fourth-order valence-corrected chi connectivity index (χ4v) is 2.39. The van der Waals surface area contributed by atoms with Crippen molar-refractivity contribution in [3.05, 3.63) is 23.8 Å². The number of hydrogen-bond donors (Lipinski definition) is 1. The van der Waals surface area contributed by atoms with E-state index in [-0.39, 0.29) is 5.69 Å². The summed E-state index contributed by atoms with van der Waals surface area (Å²) in [6, 6.07) is 2.49. The van der Waals surface area contributed by atoms with E-state index in [2.05, 4.69) is 11.8 Å². The second kappa shape index (κ2) is 5.52. The van der Waals surface area contributed by atoms with Crippen molar-refractivity contribution >= 4 is 11.4 Å². The Labute approximate surface area is 106 Å². The van der Waals surface area contributed by atoms with Crippen LogP contribution in [-0.2, 0) is 0 Å². The number of rotatable bonds is 3. The van der Waals surface area contributed by atoms with E-state index in [9.17, 15) is 8.78 Å². The fourth-order valence-electron chi connectivity index (χ4n) is 2.39. The Morgan fingerprint density at radius 2 is 1.83 bits per heavy atom. The predicted molar refractivity (Wildman–Crippen MR) is 69.7 cm³/mol. The first-order valence-corrected chi connectivity index (χ1v) is 6.34. The zero-order valence-corrected chi connectivity index (χ0v) is 10.6. The van der Waals surface area contributed by atoms with Crippen LogP contribution in [0.1, 0.15) is 13.3 Å². The summed E-state index contributed by atoms with van der Waals surface area (Å²) in [6.45, 7) is 6.28. The van der Waals surface area contributed by atoms with Crippen molar-refractivity contribution in [3.8, 4) is 0 Å². The molecule has 1 aliphatic heterocycles. The van der Waals surface area contributed by atoms with Gasteiger partial charge >= 0.3 is 0 Å². The molecule has 1 aliphatic rings. The van der Waals surface area contributed by atoms with Crippen LogP contribution in [0.4, 0.5) is 20.2 Å². The van der Waals surface area contributed by atoms with Crippen LogP contribution in [0.3, 0.4) is 0 Å². The molecular weight excluding hydrogens is 236 g/mol. The van der Waals surface area contributed by atoms with Crippen LogP contribution in [0.5, 0.6) is 0 Å². The second-order valence-electron chi connectivity index (χ2n) is 4.63. The largest absolute Gasteiger partial charge is 0.397 e. The van der Waals surface area contributed by atoms with E-state index in [0.717, 1.165) is 32.1 Å². The van der Waals surface area contributed by atoms with Crippen LogP contribution >= 0.6 is 0 Å². The minimum Gasteiger partial charge on any atom is -0.397 e. The maximum absolute atomic E-state index is 13.8. The Morgan fingerprint density at radius 1 is 1.17 bits per heavy atom. The molecule has 3 nitrogen and oxygen atoms in total. The number of anilines is 2. The molecule has 1 fully saturated rings. The lowest BCUT2D eigenvalue weighted by Gasteiger charge is -2.36. The van der Waals surface area contributed by atoms with Crippen molar-refractivity contribution in [2.45, 2.75) is 13.3 Å². The summed E-state index contributed by atoms with van der Waals surface area (Å²) in [5.41, 5.74) is 6.27. The van der Waals surface area contributed by atoms with Gasteiger partial charge in [-0.3, -0.25) is 4.90 Å². The SMILES string of the molecule is CCCN1CCN(c2c(N)ccc(F)c2F)CC1. The van der Waals surface area contributed by atoms with Gasteiger partial charge in [0.1, 0.15) is 0 Å². The minimum atomic E-state index is -0.838. The van der Waals surface area contributed by atoms with Gasteiger partial charge < -0.3 is 10.6 Å². The molecule has 1 heterocycles. The number of nitrogens with zero attached hydrogens (tertiary/aromatic N) is 2. The van der Waals surface area contributed by atoms with Gasteiger partial charge in [0.15, 0.2) is 11.6 Å². The van der Waals surface area contributed by atoms with Gasteiger partial charge in [-0.25, -0.2) is 8.78 Å². The summed E-state index contributed by atoms with van der Waals surface area (Å²) in [7, 11) is 0. The van der Waals surface area contributed by atoms with Gasteiger partial charge in [-0.15, -0.1) is 0 Å². The van der Waals surface area contributed by atoms with Gasteiger partial charge in [0.25, 0.3) is 0 Å². The average molecular weight is 255 g/mol. The molecule has 1 saturated heterocycles. The van der Waals surface area contributed by atoms with Crippen LogP contribution in [0, 0.1) is 11.6 Å². The van der Waals surface area contributed by atoms with Crippen LogP contribution in [-0.4, -0.2) is 37.6 Å². The van der Waals surface area contributed by atoms with Gasteiger partial charge in [0.05, 0.1) is 11.4 Å². The number of hydrogen-bond acceptors (Lipinski definition) is 3. The van der Waals surface area contributed by atoms with E-state index in [4.69, 9.17) is 5.73 Å². The highest BCUT2D eigenvalue weighted by Crippen LogP contribution is 2.29. The third-order valence-corrected chi connectivity index (χ3v) is 3.33. The molecule has 1 aromatic carbocycles. The first kappa shape index (κ1) is 13.1. The smallest absolute Gasteiger partial charge is 0.184 e. The van der Waals surface area contributed by atoms with Crippen molar-refractivity contribution in [1.29, 1.82) is 0 Å². The highest BCUT2D eigenvalue weighted by molar-refractivity contribution is 5.68. The van der Waals surface area contributed by atoms with Crippen molar-refractivity contribution in [2.75, 3.05) is 43.4 Å². The second-order valence-corrected chi connectivity index (χ2v) is 4.63. The van der Waals surface area contributed by atoms with Crippen molar-refractivity contribution in [3.63, 3.8) is 0 Å². The molecule has 0 atom stereocenters. The normalized spacial score (nSPS) is 17.2. The number of piperazine rings is 1. The van der Waals surface area contributed by atoms with Crippen molar-refractivity contribution in [1.82, 2.24) is 4.90 Å². The molecule has 0 spiro atoms. The first-order chi connectivity index (χ1) is 8.63. The maximum atomic E-state index is 13.8. The zero-order valence-electron chi connectivity index (χ0n) is 10.6. The summed E-state index contributed by atoms with van der Waals surface area (Å²) in [6.07, 6.45) is 1.11. The van der Waals surface area contributed by atoms with E-state index >= 15 is 0 Å². The summed E-state index contributed by atoms with van der Waals surface area (Å²) < 4.78 is 27.0. The lowest BCUT2D eigenvalue weighted by Crippen LogP contribution is -2.47. The van der Waals surface area contributed by atoms with Gasteiger partial charge in [0.2, 0.25) is 0 Å². The van der Waals surface area contributed by atoms with E-state index in [1.54, 1.807) is 0 Å². The number of halogens is 2. The molecule has 0 unspecified atom stereocenters. The molecule has 18 heavy (non-hydrogen) atoms. The third-order valence-electron chi connectivity index (χ3n) is 3.33. The minimum absolute atomic E-state index is 0.214. The molecule has 1 aromatic rings. The fraction of sp³-hybridized carbons (Fsp3) is 0.538. The maximum Gasteiger partial charge on any atom is 0.184 e. The summed E-state index contributed by atoms with van der Waals surface area (Å²) >= 11 is 0. The Bertz CT molecular complexity index is 415. The monoisotopic (exact) mass is 255 g/mol. The van der Waals surface area contributed by atoms with Crippen LogP contribution in [0.25, 0.3) is 0 Å². The highest BCUT2D eigenvalue weighted by atomic mass is 19.2. The van der Waals surface area contributed by atoms with Gasteiger partial charge in [-0.05, 0) is 25.1 Å². The summed E-state index contributed by atoms with van der Waals surface area (Å²) in [5.74, 6) is -1.67.